The Balaban J connectivity index is 0.00000133. The first-order valence-corrected chi connectivity index (χ1v) is 7.20. The molecule has 0 aliphatic carbocycles. The van der Waals surface area contributed by atoms with Crippen LogP contribution in [0.1, 0.15) is 19.3 Å². The zero-order valence-electron chi connectivity index (χ0n) is 11.3. The van der Waals surface area contributed by atoms with Crippen LogP contribution >= 0.6 is 12.4 Å². The molecule has 0 aromatic heterocycles. The fourth-order valence-electron chi connectivity index (χ4n) is 3.26. The Morgan fingerprint density at radius 1 is 1.16 bits per heavy atom. The van der Waals surface area contributed by atoms with Gasteiger partial charge in [0.1, 0.15) is 6.10 Å². The predicted octanol–water partition coefficient (Wildman–Crippen LogP) is 0.0933. The van der Waals surface area contributed by atoms with Gasteiger partial charge in [-0.25, -0.2) is 0 Å². The Labute approximate surface area is 121 Å². The molecule has 3 fully saturated rings. The van der Waals surface area contributed by atoms with Gasteiger partial charge in [0.15, 0.2) is 0 Å². The number of nitrogens with zero attached hydrogens (tertiary/aromatic N) is 2. The predicted molar refractivity (Wildman–Crippen MR) is 75.6 cm³/mol. The van der Waals surface area contributed by atoms with E-state index in [1.165, 1.54) is 0 Å². The Morgan fingerprint density at radius 2 is 1.95 bits per heavy atom. The molecule has 6 heteroatoms. The van der Waals surface area contributed by atoms with E-state index >= 15 is 0 Å². The van der Waals surface area contributed by atoms with E-state index in [9.17, 15) is 4.79 Å². The molecule has 19 heavy (non-hydrogen) atoms. The van der Waals surface area contributed by atoms with Crippen LogP contribution in [0.4, 0.5) is 0 Å². The molecule has 1 amide bonds. The van der Waals surface area contributed by atoms with Gasteiger partial charge in [0.05, 0.1) is 0 Å². The normalized spacial score (nSPS) is 32.3. The van der Waals surface area contributed by atoms with Crippen LogP contribution in [0.25, 0.3) is 0 Å². The Hall–Kier alpha value is -0.360. The third-order valence-corrected chi connectivity index (χ3v) is 4.35. The molecule has 3 aliphatic rings. The van der Waals surface area contributed by atoms with Gasteiger partial charge in [-0.3, -0.25) is 9.69 Å². The van der Waals surface area contributed by atoms with Crippen molar-refractivity contribution in [1.29, 1.82) is 0 Å². The molecule has 0 bridgehead atoms. The van der Waals surface area contributed by atoms with Crippen LogP contribution in [0.5, 0.6) is 0 Å². The molecular weight excluding hydrogens is 266 g/mol. The van der Waals surface area contributed by atoms with Gasteiger partial charge >= 0.3 is 0 Å². The van der Waals surface area contributed by atoms with Gasteiger partial charge in [0.25, 0.3) is 5.91 Å². The van der Waals surface area contributed by atoms with Gasteiger partial charge in [-0.15, -0.1) is 12.4 Å². The van der Waals surface area contributed by atoms with Crippen LogP contribution in [-0.4, -0.2) is 73.7 Å². The van der Waals surface area contributed by atoms with E-state index in [2.05, 4.69) is 10.2 Å². The van der Waals surface area contributed by atoms with E-state index in [0.29, 0.717) is 6.04 Å². The fraction of sp³-hybridized carbons (Fsp3) is 0.923. The van der Waals surface area contributed by atoms with Crippen LogP contribution in [0.3, 0.4) is 0 Å². The molecule has 0 aromatic carbocycles. The van der Waals surface area contributed by atoms with Crippen molar-refractivity contribution in [2.45, 2.75) is 31.4 Å². The van der Waals surface area contributed by atoms with Crippen molar-refractivity contribution in [3.8, 4) is 0 Å². The zero-order chi connectivity index (χ0) is 12.4. The second-order valence-corrected chi connectivity index (χ2v) is 5.51. The minimum absolute atomic E-state index is 0. The van der Waals surface area contributed by atoms with E-state index in [-0.39, 0.29) is 24.4 Å². The highest BCUT2D eigenvalue weighted by molar-refractivity contribution is 5.85. The third-order valence-electron chi connectivity index (χ3n) is 4.35. The number of piperazine rings is 1. The summed E-state index contributed by atoms with van der Waals surface area (Å²) in [5.41, 5.74) is 0. The number of ether oxygens (including phenoxy) is 1. The monoisotopic (exact) mass is 289 g/mol. The smallest absolute Gasteiger partial charge is 0.251 e. The number of carbonyl (C=O) groups excluding carboxylic acids is 1. The number of halogens is 1. The fourth-order valence-corrected chi connectivity index (χ4v) is 3.26. The molecule has 1 unspecified atom stereocenters. The van der Waals surface area contributed by atoms with E-state index in [4.69, 9.17) is 4.74 Å². The Morgan fingerprint density at radius 3 is 2.63 bits per heavy atom. The summed E-state index contributed by atoms with van der Waals surface area (Å²) in [5.74, 6) is 0.227. The SMILES string of the molecule is Cl.O=C([C@@H]1CCCO1)N1CCC(N2CCNCC2)C1. The summed E-state index contributed by atoms with van der Waals surface area (Å²) in [5, 5.41) is 3.37. The number of hydrogen-bond donors (Lipinski definition) is 1. The topological polar surface area (TPSA) is 44.8 Å². The minimum Gasteiger partial charge on any atom is -0.368 e. The molecule has 0 saturated carbocycles. The maximum atomic E-state index is 12.2. The van der Waals surface area contributed by atoms with Crippen molar-refractivity contribution in [3.63, 3.8) is 0 Å². The lowest BCUT2D eigenvalue weighted by Gasteiger charge is -2.32. The van der Waals surface area contributed by atoms with Crippen molar-refractivity contribution in [3.05, 3.63) is 0 Å². The lowest BCUT2D eigenvalue weighted by Crippen LogP contribution is -2.49. The van der Waals surface area contributed by atoms with Crippen molar-refractivity contribution < 1.29 is 9.53 Å². The first kappa shape index (κ1) is 15.0. The molecule has 3 heterocycles. The quantitative estimate of drug-likeness (QED) is 0.783. The largest absolute Gasteiger partial charge is 0.368 e. The Kier molecular flexibility index (Phi) is 5.45. The summed E-state index contributed by atoms with van der Waals surface area (Å²) in [6, 6.07) is 0.567. The van der Waals surface area contributed by atoms with Crippen LogP contribution in [0.2, 0.25) is 0 Å². The van der Waals surface area contributed by atoms with Gasteiger partial charge < -0.3 is 15.0 Å². The van der Waals surface area contributed by atoms with Crippen molar-refractivity contribution in [1.82, 2.24) is 15.1 Å². The summed E-state index contributed by atoms with van der Waals surface area (Å²) < 4.78 is 5.49. The molecule has 5 nitrogen and oxygen atoms in total. The van der Waals surface area contributed by atoms with Crippen LogP contribution in [-0.2, 0) is 9.53 Å². The summed E-state index contributed by atoms with van der Waals surface area (Å²) >= 11 is 0. The number of nitrogens with one attached hydrogen (secondary N) is 1. The Bertz CT molecular complexity index is 304. The molecular formula is C13H24ClN3O2. The molecule has 3 aliphatic heterocycles. The summed E-state index contributed by atoms with van der Waals surface area (Å²) in [6.45, 7) is 6.96. The zero-order valence-corrected chi connectivity index (χ0v) is 12.2. The molecule has 0 radical (unpaired) electrons. The lowest BCUT2D eigenvalue weighted by molar-refractivity contribution is -0.140. The lowest BCUT2D eigenvalue weighted by atomic mass is 10.2. The van der Waals surface area contributed by atoms with Crippen LogP contribution < -0.4 is 5.32 Å². The number of carbonyl (C=O) groups is 1. The van der Waals surface area contributed by atoms with Crippen LogP contribution in [0, 0.1) is 0 Å². The molecule has 3 saturated heterocycles. The van der Waals surface area contributed by atoms with Crippen molar-refractivity contribution in [2.75, 3.05) is 45.9 Å². The van der Waals surface area contributed by atoms with Gasteiger partial charge in [-0.05, 0) is 19.3 Å². The maximum Gasteiger partial charge on any atom is 0.251 e. The molecule has 0 spiro atoms. The third kappa shape index (κ3) is 3.40. The summed E-state index contributed by atoms with van der Waals surface area (Å²) in [7, 11) is 0. The van der Waals surface area contributed by atoms with E-state index < -0.39 is 0 Å². The molecule has 0 aromatic rings. The van der Waals surface area contributed by atoms with Gasteiger partial charge in [0.2, 0.25) is 0 Å². The number of amides is 1. The highest BCUT2D eigenvalue weighted by atomic mass is 35.5. The molecule has 110 valence electrons. The number of likely N-dealkylation sites (tertiary alicyclic amines) is 1. The first-order chi connectivity index (χ1) is 8.84. The standard InChI is InChI=1S/C13H23N3O2.ClH/c17-13(12-2-1-9-18-12)16-6-3-11(10-16)15-7-4-14-5-8-15;/h11-12,14H,1-10H2;1H/t11?,12-;/m0./s1. The van der Waals surface area contributed by atoms with E-state index in [1.54, 1.807) is 0 Å². The average molecular weight is 290 g/mol. The molecule has 1 N–H and O–H groups in total. The van der Waals surface area contributed by atoms with E-state index in [0.717, 1.165) is 65.1 Å². The number of hydrogen-bond acceptors (Lipinski definition) is 4. The van der Waals surface area contributed by atoms with Gasteiger partial charge in [0, 0.05) is 51.9 Å². The van der Waals surface area contributed by atoms with Gasteiger partial charge in [-0.1, -0.05) is 0 Å². The van der Waals surface area contributed by atoms with Crippen molar-refractivity contribution >= 4 is 18.3 Å². The van der Waals surface area contributed by atoms with Crippen molar-refractivity contribution in [2.24, 2.45) is 0 Å². The molecule has 3 rings (SSSR count). The van der Waals surface area contributed by atoms with E-state index in [1.807, 2.05) is 4.90 Å². The minimum atomic E-state index is -0.147. The maximum absolute atomic E-state index is 12.2. The van der Waals surface area contributed by atoms with Gasteiger partial charge in [-0.2, -0.15) is 0 Å². The average Bonchev–Trinajstić information content (AvgIpc) is 3.10. The molecule has 2 atom stereocenters. The second kappa shape index (κ2) is 6.88. The summed E-state index contributed by atoms with van der Waals surface area (Å²) in [4.78, 5) is 16.8. The second-order valence-electron chi connectivity index (χ2n) is 5.51. The van der Waals surface area contributed by atoms with Crippen LogP contribution in [0.15, 0.2) is 0 Å². The highest BCUT2D eigenvalue weighted by Crippen LogP contribution is 2.21. The summed E-state index contributed by atoms with van der Waals surface area (Å²) in [6.07, 6.45) is 2.92. The number of rotatable bonds is 2. The highest BCUT2D eigenvalue weighted by Gasteiger charge is 2.35. The first-order valence-electron chi connectivity index (χ1n) is 7.20.